The van der Waals surface area contributed by atoms with E-state index in [1.54, 1.807) is 16.9 Å². The molecule has 0 atom stereocenters. The summed E-state index contributed by atoms with van der Waals surface area (Å²) in [6, 6.07) is 10.9. The van der Waals surface area contributed by atoms with Crippen LogP contribution < -0.4 is 15.4 Å². The Bertz CT molecular complexity index is 1190. The molecule has 1 aromatic carbocycles. The van der Waals surface area contributed by atoms with E-state index in [9.17, 15) is 9.59 Å². The van der Waals surface area contributed by atoms with Crippen LogP contribution in [-0.4, -0.2) is 41.5 Å². The zero-order valence-corrected chi connectivity index (χ0v) is 20.6. The Labute approximate surface area is 202 Å². The van der Waals surface area contributed by atoms with Gasteiger partial charge in [-0.2, -0.15) is 5.10 Å². The Morgan fingerprint density at radius 3 is 2.47 bits per heavy atom. The molecule has 1 aliphatic rings. The number of rotatable bonds is 5. The highest BCUT2D eigenvalue weighted by atomic mass is 32.2. The predicted molar refractivity (Wildman–Crippen MR) is 132 cm³/mol. The van der Waals surface area contributed by atoms with Crippen LogP contribution in [0.1, 0.15) is 45.9 Å². The number of hydrogen-bond acceptors (Lipinski definition) is 7. The second kappa shape index (κ2) is 9.07. The normalized spacial score (nSPS) is 15.7. The van der Waals surface area contributed by atoms with Crippen molar-refractivity contribution >= 4 is 35.7 Å². The van der Waals surface area contributed by atoms with Crippen LogP contribution >= 0.6 is 12.1 Å². The molecule has 0 bridgehead atoms. The third kappa shape index (κ3) is 5.05. The number of carbonyl (C=O) groups excluding carboxylic acids is 2. The van der Waals surface area contributed by atoms with Crippen molar-refractivity contribution in [3.63, 3.8) is 0 Å². The molecule has 3 N–H and O–H groups in total. The first-order valence-corrected chi connectivity index (χ1v) is 11.6. The van der Waals surface area contributed by atoms with Crippen molar-refractivity contribution in [3.05, 3.63) is 60.2 Å². The lowest BCUT2D eigenvalue weighted by molar-refractivity contribution is -0.125. The average Bonchev–Trinajstić information content (AvgIpc) is 3.31. The largest absolute Gasteiger partial charge is 0.326 e. The molecule has 1 fully saturated rings. The van der Waals surface area contributed by atoms with Gasteiger partial charge < -0.3 is 0 Å². The number of carbonyl (C=O) groups is 2. The topological polar surface area (TPSA) is 117 Å². The molecule has 3 aromatic rings. The number of nitrogens with zero attached hydrogens (tertiary/aromatic N) is 5. The van der Waals surface area contributed by atoms with Crippen molar-refractivity contribution in [1.82, 2.24) is 28.8 Å². The zero-order valence-electron chi connectivity index (χ0n) is 19.8. The predicted octanol–water partition coefficient (Wildman–Crippen LogP) is 3.88. The van der Waals surface area contributed by atoms with Gasteiger partial charge in [0, 0.05) is 36.4 Å². The maximum absolute atomic E-state index is 12.6. The molecular weight excluding hydrogens is 452 g/mol. The summed E-state index contributed by atoms with van der Waals surface area (Å²) < 4.78 is 6.54. The van der Waals surface area contributed by atoms with Gasteiger partial charge in [-0.25, -0.2) is 23.7 Å². The molecule has 0 saturated carbocycles. The highest BCUT2D eigenvalue weighted by Crippen LogP contribution is 2.31. The van der Waals surface area contributed by atoms with Gasteiger partial charge in [-0.15, -0.1) is 0 Å². The molecule has 1 aliphatic heterocycles. The summed E-state index contributed by atoms with van der Waals surface area (Å²) in [4.78, 5) is 32.5. The van der Waals surface area contributed by atoms with Crippen LogP contribution in [0.5, 0.6) is 0 Å². The monoisotopic (exact) mass is 480 g/mol. The van der Waals surface area contributed by atoms with Crippen molar-refractivity contribution < 1.29 is 9.59 Å². The van der Waals surface area contributed by atoms with Gasteiger partial charge in [0.15, 0.2) is 0 Å². The first-order chi connectivity index (χ1) is 16.0. The minimum Gasteiger partial charge on any atom is -0.292 e. The van der Waals surface area contributed by atoms with Crippen LogP contribution in [-0.2, 0) is 16.8 Å². The van der Waals surface area contributed by atoms with Crippen LogP contribution in [0.25, 0.3) is 5.69 Å². The maximum Gasteiger partial charge on any atom is 0.326 e. The van der Waals surface area contributed by atoms with Crippen LogP contribution in [0.2, 0.25) is 0 Å². The summed E-state index contributed by atoms with van der Waals surface area (Å²) in [5.41, 5.74) is 1.91. The van der Waals surface area contributed by atoms with E-state index in [-0.39, 0.29) is 11.3 Å². The van der Waals surface area contributed by atoms with Gasteiger partial charge in [0.2, 0.25) is 0 Å². The van der Waals surface area contributed by atoms with Crippen molar-refractivity contribution in [2.75, 3.05) is 10.6 Å². The number of anilines is 2. The molecule has 3 heterocycles. The second-order valence-corrected chi connectivity index (χ2v) is 10.4. The first-order valence-electron chi connectivity index (χ1n) is 10.8. The molecule has 2 aromatic heterocycles. The van der Waals surface area contributed by atoms with Crippen LogP contribution in [0, 0.1) is 0 Å². The maximum atomic E-state index is 12.6. The standard InChI is InChI=1S/C23H28N8O2S/c1-22(2,3)17-12-19(27-21(33)26-18-10-11-24-14-25-18)31(28-17)16-8-6-15(7-9-16)13-30-23(4,5)20(32)29-34-30/h6-12,14H,13H2,1-5H3,(H,29,32)(H2,24,25,26,27,33). The van der Waals surface area contributed by atoms with Crippen LogP contribution in [0.3, 0.4) is 0 Å². The van der Waals surface area contributed by atoms with Gasteiger partial charge in [0.25, 0.3) is 5.91 Å². The Morgan fingerprint density at radius 1 is 1.15 bits per heavy atom. The lowest BCUT2D eigenvalue weighted by atomic mass is 9.92. The quantitative estimate of drug-likeness (QED) is 0.475. The summed E-state index contributed by atoms with van der Waals surface area (Å²) in [5, 5.41) is 10.3. The van der Waals surface area contributed by atoms with Gasteiger partial charge in [0.05, 0.1) is 11.4 Å². The number of nitrogens with one attached hydrogen (secondary N) is 3. The fraction of sp³-hybridized carbons (Fsp3) is 0.348. The van der Waals surface area contributed by atoms with E-state index in [0.29, 0.717) is 18.2 Å². The lowest BCUT2D eigenvalue weighted by Gasteiger charge is -2.25. The van der Waals surface area contributed by atoms with E-state index in [1.165, 1.54) is 18.5 Å². The third-order valence-electron chi connectivity index (χ3n) is 5.48. The molecule has 0 radical (unpaired) electrons. The van der Waals surface area contributed by atoms with Gasteiger partial charge in [-0.05, 0) is 37.6 Å². The smallest absolute Gasteiger partial charge is 0.292 e. The average molecular weight is 481 g/mol. The Balaban J connectivity index is 1.56. The fourth-order valence-electron chi connectivity index (χ4n) is 3.25. The highest BCUT2D eigenvalue weighted by Gasteiger charge is 2.41. The molecule has 0 spiro atoms. The van der Waals surface area contributed by atoms with Gasteiger partial charge in [-0.1, -0.05) is 32.9 Å². The Hall–Kier alpha value is -3.44. The Kier molecular flexibility index (Phi) is 6.32. The van der Waals surface area contributed by atoms with E-state index in [2.05, 4.69) is 46.1 Å². The van der Waals surface area contributed by atoms with Crippen LogP contribution in [0.15, 0.2) is 48.9 Å². The van der Waals surface area contributed by atoms with Gasteiger partial charge in [-0.3, -0.25) is 20.2 Å². The van der Waals surface area contributed by atoms with E-state index in [4.69, 9.17) is 5.10 Å². The highest BCUT2D eigenvalue weighted by molar-refractivity contribution is 7.96. The summed E-state index contributed by atoms with van der Waals surface area (Å²) in [6.07, 6.45) is 2.92. The molecule has 11 heteroatoms. The molecule has 0 unspecified atom stereocenters. The molecule has 10 nitrogen and oxygen atoms in total. The minimum absolute atomic E-state index is 0.00340. The van der Waals surface area contributed by atoms with Crippen molar-refractivity contribution in [1.29, 1.82) is 0 Å². The van der Waals surface area contributed by atoms with Gasteiger partial charge >= 0.3 is 6.03 Å². The fourth-order valence-corrected chi connectivity index (χ4v) is 4.22. The van der Waals surface area contributed by atoms with Crippen molar-refractivity contribution in [2.24, 2.45) is 0 Å². The van der Waals surface area contributed by atoms with Gasteiger partial charge in [0.1, 0.15) is 23.5 Å². The summed E-state index contributed by atoms with van der Waals surface area (Å²) in [7, 11) is 0. The first kappa shape index (κ1) is 23.7. The lowest BCUT2D eigenvalue weighted by Crippen LogP contribution is -2.41. The van der Waals surface area contributed by atoms with Crippen LogP contribution in [0.4, 0.5) is 16.4 Å². The number of aromatic nitrogens is 4. The third-order valence-corrected chi connectivity index (χ3v) is 6.56. The molecule has 0 aliphatic carbocycles. The molecule has 3 amide bonds. The number of urea groups is 1. The summed E-state index contributed by atoms with van der Waals surface area (Å²) >= 11 is 1.32. The molecular formula is C23H28N8O2S. The van der Waals surface area contributed by atoms with E-state index >= 15 is 0 Å². The zero-order chi connectivity index (χ0) is 24.5. The molecule has 178 valence electrons. The van der Waals surface area contributed by atoms with E-state index in [0.717, 1.165) is 16.9 Å². The Morgan fingerprint density at radius 2 is 1.88 bits per heavy atom. The van der Waals surface area contributed by atoms with E-state index in [1.807, 2.05) is 48.5 Å². The number of benzene rings is 1. The van der Waals surface area contributed by atoms with Crippen molar-refractivity contribution in [3.8, 4) is 5.69 Å². The molecule has 34 heavy (non-hydrogen) atoms. The number of hydrogen-bond donors (Lipinski definition) is 3. The summed E-state index contributed by atoms with van der Waals surface area (Å²) in [5.74, 6) is 0.932. The van der Waals surface area contributed by atoms with E-state index < -0.39 is 11.6 Å². The SMILES string of the molecule is CC(C)(C)c1cc(NC(=O)Nc2ccncn2)n(-c2ccc(CN3SNC(=O)C3(C)C)cc2)n1. The van der Waals surface area contributed by atoms with Crippen molar-refractivity contribution in [2.45, 2.75) is 52.1 Å². The summed E-state index contributed by atoms with van der Waals surface area (Å²) in [6.45, 7) is 10.6. The number of amides is 3. The second-order valence-electron chi connectivity index (χ2n) is 9.53. The molecule has 4 rings (SSSR count). The molecule has 1 saturated heterocycles. The minimum atomic E-state index is -0.582.